The Labute approximate surface area is 260 Å². The van der Waals surface area contributed by atoms with Gasteiger partial charge in [-0.15, -0.1) is 0 Å². The molecule has 3 heterocycles. The molecule has 244 valence electrons. The SMILES string of the molecule is CCCCCCC(=O)OCOP(=O)(O)CS(=O)(=O)C[C@H]1O[C@@H](n2ccc3c(NC4CCCC4)c(C#N)c(Cl)nc32)[C@H](O)[C@@H]1O. The van der Waals surface area contributed by atoms with Gasteiger partial charge in [-0.2, -0.15) is 5.26 Å². The molecule has 17 heteroatoms. The number of hydrogen-bond acceptors (Lipinski definition) is 12. The number of unbranched alkanes of at least 4 members (excludes halogenated alkanes) is 3. The van der Waals surface area contributed by atoms with E-state index in [0.717, 1.165) is 44.9 Å². The lowest BCUT2D eigenvalue weighted by Gasteiger charge is -2.19. The van der Waals surface area contributed by atoms with Crippen LogP contribution in [0.15, 0.2) is 12.3 Å². The molecule has 1 unspecified atom stereocenters. The highest BCUT2D eigenvalue weighted by Gasteiger charge is 2.47. The van der Waals surface area contributed by atoms with Crippen LogP contribution >= 0.6 is 19.2 Å². The Morgan fingerprint density at radius 2 is 2.00 bits per heavy atom. The lowest BCUT2D eigenvalue weighted by atomic mass is 10.1. The molecule has 5 atom stereocenters. The average molecular weight is 677 g/mol. The van der Waals surface area contributed by atoms with Gasteiger partial charge in [0.1, 0.15) is 35.6 Å². The molecular formula is C27H38ClN4O10PS. The summed E-state index contributed by atoms with van der Waals surface area (Å²) in [6.07, 6.45) is 2.93. The number of fused-ring (bicyclic) bond motifs is 1. The largest absolute Gasteiger partial charge is 0.438 e. The van der Waals surface area contributed by atoms with Crippen molar-refractivity contribution in [2.24, 2.45) is 0 Å². The van der Waals surface area contributed by atoms with Gasteiger partial charge in [0.15, 0.2) is 26.7 Å². The Bertz CT molecular complexity index is 1520. The molecule has 2 aromatic heterocycles. The lowest BCUT2D eigenvalue weighted by molar-refractivity contribution is -0.150. The maximum absolute atomic E-state index is 12.8. The number of hydrogen-bond donors (Lipinski definition) is 4. The molecule has 2 aromatic rings. The number of anilines is 1. The number of pyridine rings is 1. The van der Waals surface area contributed by atoms with Crippen molar-refractivity contribution in [1.82, 2.24) is 9.55 Å². The molecule has 14 nitrogen and oxygen atoms in total. The van der Waals surface area contributed by atoms with Gasteiger partial charge in [0.25, 0.3) is 0 Å². The van der Waals surface area contributed by atoms with Crippen molar-refractivity contribution >= 4 is 51.7 Å². The fourth-order valence-corrected chi connectivity index (χ4v) is 9.42. The fraction of sp³-hybridized carbons (Fsp3) is 0.667. The first-order chi connectivity index (χ1) is 20.9. The molecule has 1 aliphatic carbocycles. The van der Waals surface area contributed by atoms with Crippen LogP contribution in [-0.2, 0) is 33.2 Å². The highest BCUT2D eigenvalue weighted by atomic mass is 35.5. The van der Waals surface area contributed by atoms with Crippen molar-refractivity contribution in [3.05, 3.63) is 23.0 Å². The summed E-state index contributed by atoms with van der Waals surface area (Å²) in [4.78, 5) is 26.1. The van der Waals surface area contributed by atoms with Gasteiger partial charge in [-0.25, -0.2) is 13.4 Å². The van der Waals surface area contributed by atoms with Crippen molar-refractivity contribution in [2.75, 3.05) is 23.4 Å². The minimum atomic E-state index is -4.75. The van der Waals surface area contributed by atoms with E-state index in [1.807, 2.05) is 6.92 Å². The van der Waals surface area contributed by atoms with Gasteiger partial charge < -0.3 is 34.5 Å². The van der Waals surface area contributed by atoms with Gasteiger partial charge in [-0.1, -0.05) is 50.6 Å². The van der Waals surface area contributed by atoms with Crippen LogP contribution < -0.4 is 5.32 Å². The second-order valence-corrected chi connectivity index (χ2v) is 15.9. The predicted molar refractivity (Wildman–Crippen MR) is 161 cm³/mol. The normalized spacial score (nSPS) is 23.9. The molecule has 2 aliphatic rings. The molecule has 1 saturated carbocycles. The van der Waals surface area contributed by atoms with Crippen molar-refractivity contribution in [3.63, 3.8) is 0 Å². The highest BCUT2D eigenvalue weighted by molar-refractivity contribution is 7.97. The van der Waals surface area contributed by atoms with Crippen LogP contribution in [0.4, 0.5) is 5.69 Å². The van der Waals surface area contributed by atoms with Crippen molar-refractivity contribution in [3.8, 4) is 6.07 Å². The maximum atomic E-state index is 12.8. The Morgan fingerprint density at radius 1 is 1.27 bits per heavy atom. The van der Waals surface area contributed by atoms with Crippen LogP contribution in [0.3, 0.4) is 0 Å². The summed E-state index contributed by atoms with van der Waals surface area (Å²) in [5.41, 5.74) is -0.431. The van der Waals surface area contributed by atoms with Gasteiger partial charge in [0, 0.05) is 24.0 Å². The van der Waals surface area contributed by atoms with Crippen LogP contribution in [-0.4, -0.2) is 81.4 Å². The summed E-state index contributed by atoms with van der Waals surface area (Å²) >= 11 is 6.35. The van der Waals surface area contributed by atoms with E-state index < -0.39 is 66.0 Å². The molecule has 0 spiro atoms. The predicted octanol–water partition coefficient (Wildman–Crippen LogP) is 3.58. The summed E-state index contributed by atoms with van der Waals surface area (Å²) in [6, 6.07) is 3.87. The van der Waals surface area contributed by atoms with E-state index in [1.54, 1.807) is 6.07 Å². The van der Waals surface area contributed by atoms with E-state index in [2.05, 4.69) is 20.9 Å². The zero-order valence-electron chi connectivity index (χ0n) is 24.3. The van der Waals surface area contributed by atoms with E-state index in [0.29, 0.717) is 17.5 Å². The number of nitrogens with zero attached hydrogens (tertiary/aromatic N) is 3. The molecule has 1 saturated heterocycles. The summed E-state index contributed by atoms with van der Waals surface area (Å²) < 4.78 is 54.6. The molecule has 0 bridgehead atoms. The maximum Gasteiger partial charge on any atom is 0.346 e. The zero-order chi connectivity index (χ0) is 32.1. The number of carbonyl (C=O) groups is 1. The van der Waals surface area contributed by atoms with E-state index in [-0.39, 0.29) is 28.8 Å². The monoisotopic (exact) mass is 676 g/mol. The number of nitrogens with one attached hydrogen (secondary N) is 1. The highest BCUT2D eigenvalue weighted by Crippen LogP contribution is 2.44. The number of esters is 1. The number of carbonyl (C=O) groups excluding carboxylic acids is 1. The summed E-state index contributed by atoms with van der Waals surface area (Å²) in [5.74, 6) is -1.54. The Balaban J connectivity index is 1.41. The van der Waals surface area contributed by atoms with Gasteiger partial charge in [-0.3, -0.25) is 13.9 Å². The first-order valence-corrected chi connectivity index (χ1v) is 18.5. The number of aliphatic hydroxyl groups is 2. The second kappa shape index (κ2) is 14.9. The topological polar surface area (TPSA) is 210 Å². The fourth-order valence-electron chi connectivity index (χ4n) is 5.50. The molecule has 4 rings (SSSR count). The molecule has 0 aromatic carbocycles. The van der Waals surface area contributed by atoms with Crippen LogP contribution in [0.5, 0.6) is 0 Å². The number of halogens is 1. The minimum Gasteiger partial charge on any atom is -0.438 e. The first-order valence-electron chi connectivity index (χ1n) is 14.6. The zero-order valence-corrected chi connectivity index (χ0v) is 26.8. The Morgan fingerprint density at radius 3 is 2.68 bits per heavy atom. The van der Waals surface area contributed by atoms with Gasteiger partial charge in [0.05, 0.1) is 11.4 Å². The molecule has 2 fully saturated rings. The Kier molecular flexibility index (Phi) is 11.7. The number of ether oxygens (including phenoxy) is 2. The van der Waals surface area contributed by atoms with Gasteiger partial charge in [-0.05, 0) is 25.3 Å². The molecule has 0 amide bonds. The summed E-state index contributed by atoms with van der Waals surface area (Å²) in [5, 5.41) is 35.1. The first kappa shape index (κ1) is 34.6. The quantitative estimate of drug-likeness (QED) is 0.0699. The molecule has 44 heavy (non-hydrogen) atoms. The van der Waals surface area contributed by atoms with Crippen LogP contribution in [0.2, 0.25) is 5.15 Å². The van der Waals surface area contributed by atoms with Crippen molar-refractivity contribution in [1.29, 1.82) is 5.26 Å². The van der Waals surface area contributed by atoms with Crippen LogP contribution in [0.1, 0.15) is 76.5 Å². The third-order valence-corrected chi connectivity index (χ3v) is 12.2. The van der Waals surface area contributed by atoms with E-state index in [1.165, 1.54) is 10.8 Å². The van der Waals surface area contributed by atoms with Crippen LogP contribution in [0, 0.1) is 11.3 Å². The molecule has 1 aliphatic heterocycles. The molecule has 0 radical (unpaired) electrons. The third-order valence-electron chi connectivity index (χ3n) is 7.73. The van der Waals surface area contributed by atoms with Crippen molar-refractivity contribution in [2.45, 2.75) is 95.3 Å². The van der Waals surface area contributed by atoms with Crippen molar-refractivity contribution < 1.29 is 46.9 Å². The second-order valence-electron chi connectivity index (χ2n) is 11.1. The standard InChI is InChI=1S/C27H38ClN4O10PS/c1-2-3-4-5-10-21(33)40-15-41-43(36,37)16-44(38,39)14-20-23(34)24(35)27(42-20)32-12-11-18-22(30-17-8-6-7-9-17)19(13-29)25(28)31-26(18)32/h11-12,17,20,23-24,27,34-35H,2-10,14-16H2,1H3,(H,30,31)(H,36,37)/t20-,23-,24-,27-/m1/s1. The number of nitriles is 1. The van der Waals surface area contributed by atoms with Gasteiger partial charge >= 0.3 is 13.6 Å². The summed E-state index contributed by atoms with van der Waals surface area (Å²) in [7, 11) is -9.14. The molecule has 4 N–H and O–H groups in total. The minimum absolute atomic E-state index is 0.0755. The van der Waals surface area contributed by atoms with E-state index in [4.69, 9.17) is 21.1 Å². The van der Waals surface area contributed by atoms with Gasteiger partial charge in [0.2, 0.25) is 6.79 Å². The average Bonchev–Trinajstić information content (AvgIpc) is 3.67. The lowest BCUT2D eigenvalue weighted by Crippen LogP contribution is -2.36. The van der Waals surface area contributed by atoms with Crippen LogP contribution in [0.25, 0.3) is 11.0 Å². The Hall–Kier alpha value is -2.28. The third kappa shape index (κ3) is 8.50. The smallest absolute Gasteiger partial charge is 0.346 e. The summed E-state index contributed by atoms with van der Waals surface area (Å²) in [6.45, 7) is 1.13. The van der Waals surface area contributed by atoms with E-state index in [9.17, 15) is 38.1 Å². The molecular weight excluding hydrogens is 639 g/mol. The number of rotatable bonds is 15. The number of aromatic nitrogens is 2. The number of aliphatic hydroxyl groups excluding tert-OH is 2. The number of sulfone groups is 1. The van der Waals surface area contributed by atoms with E-state index >= 15 is 0 Å².